The summed E-state index contributed by atoms with van der Waals surface area (Å²) in [5.41, 5.74) is -1.15. The largest absolute Gasteiger partial charge is 0.480 e. The molecule has 1 amide bonds. The van der Waals surface area contributed by atoms with E-state index in [9.17, 15) is 14.7 Å². The maximum atomic E-state index is 12.2. The first kappa shape index (κ1) is 14.6. The topological polar surface area (TPSA) is 79.5 Å². The van der Waals surface area contributed by atoms with Crippen LogP contribution in [0.5, 0.6) is 0 Å². The van der Waals surface area contributed by atoms with Gasteiger partial charge in [-0.15, -0.1) is 0 Å². The van der Waals surface area contributed by atoms with E-state index in [0.29, 0.717) is 19.3 Å². The quantitative estimate of drug-likeness (QED) is 0.830. The van der Waals surface area contributed by atoms with E-state index < -0.39 is 17.4 Å². The number of carboxylic acids is 1. The van der Waals surface area contributed by atoms with Crippen molar-refractivity contribution >= 4 is 11.9 Å². The summed E-state index contributed by atoms with van der Waals surface area (Å²) >= 11 is 0. The van der Waals surface area contributed by atoms with Crippen molar-refractivity contribution in [3.05, 3.63) is 23.7 Å². The molecule has 5 heteroatoms. The molecule has 1 saturated carbocycles. The average molecular weight is 279 g/mol. The van der Waals surface area contributed by atoms with Crippen molar-refractivity contribution in [1.29, 1.82) is 0 Å². The van der Waals surface area contributed by atoms with Gasteiger partial charge in [-0.1, -0.05) is 32.6 Å². The van der Waals surface area contributed by atoms with E-state index in [-0.39, 0.29) is 5.76 Å². The fourth-order valence-corrected chi connectivity index (χ4v) is 2.69. The van der Waals surface area contributed by atoms with Gasteiger partial charge in [-0.25, -0.2) is 4.79 Å². The molecule has 1 aliphatic rings. The third kappa shape index (κ3) is 3.03. The minimum absolute atomic E-state index is 0.187. The molecule has 0 spiro atoms. The Hall–Kier alpha value is -1.78. The number of aliphatic carboxylic acids is 1. The molecule has 1 aliphatic carbocycles. The molecule has 110 valence electrons. The van der Waals surface area contributed by atoms with Crippen molar-refractivity contribution in [3.8, 4) is 0 Å². The van der Waals surface area contributed by atoms with Crippen molar-refractivity contribution in [2.45, 2.75) is 57.4 Å². The molecule has 0 atom stereocenters. The van der Waals surface area contributed by atoms with Gasteiger partial charge in [0.1, 0.15) is 11.3 Å². The molecule has 1 fully saturated rings. The molecule has 0 saturated heterocycles. The van der Waals surface area contributed by atoms with Crippen molar-refractivity contribution in [2.75, 3.05) is 0 Å². The molecule has 5 nitrogen and oxygen atoms in total. The molecule has 20 heavy (non-hydrogen) atoms. The minimum atomic E-state index is -1.15. The number of furan rings is 1. The maximum Gasteiger partial charge on any atom is 0.329 e. The van der Waals surface area contributed by atoms with Gasteiger partial charge in [-0.05, 0) is 25.0 Å². The van der Waals surface area contributed by atoms with Gasteiger partial charge in [0.25, 0.3) is 5.91 Å². The van der Waals surface area contributed by atoms with Crippen LogP contribution in [-0.2, 0) is 11.2 Å². The Labute approximate surface area is 118 Å². The Morgan fingerprint density at radius 3 is 2.40 bits per heavy atom. The lowest BCUT2D eigenvalue weighted by Gasteiger charge is -2.28. The Balaban J connectivity index is 2.14. The van der Waals surface area contributed by atoms with E-state index in [4.69, 9.17) is 4.42 Å². The molecule has 0 radical (unpaired) electrons. The maximum absolute atomic E-state index is 12.2. The summed E-state index contributed by atoms with van der Waals surface area (Å²) in [7, 11) is 0. The van der Waals surface area contributed by atoms with Crippen molar-refractivity contribution < 1.29 is 19.1 Å². The number of hydrogen-bond donors (Lipinski definition) is 2. The molecule has 0 unspecified atom stereocenters. The van der Waals surface area contributed by atoms with Crippen LogP contribution in [0.2, 0.25) is 0 Å². The second-order valence-electron chi connectivity index (χ2n) is 5.38. The van der Waals surface area contributed by atoms with Gasteiger partial charge in [0.2, 0.25) is 0 Å². The zero-order valence-electron chi connectivity index (χ0n) is 11.8. The molecule has 1 aromatic rings. The minimum Gasteiger partial charge on any atom is -0.480 e. The predicted octanol–water partition coefficient (Wildman–Crippen LogP) is 2.75. The highest BCUT2D eigenvalue weighted by Crippen LogP contribution is 2.28. The number of amides is 1. The molecule has 2 N–H and O–H groups in total. The summed E-state index contributed by atoms with van der Waals surface area (Å²) in [5.74, 6) is -0.476. The summed E-state index contributed by atoms with van der Waals surface area (Å²) in [4.78, 5) is 23.8. The second-order valence-corrected chi connectivity index (χ2v) is 5.38. The predicted molar refractivity (Wildman–Crippen MR) is 73.6 cm³/mol. The lowest BCUT2D eigenvalue weighted by Crippen LogP contribution is -2.54. The normalized spacial score (nSPS) is 18.2. The summed E-state index contributed by atoms with van der Waals surface area (Å²) < 4.78 is 5.39. The van der Waals surface area contributed by atoms with E-state index in [2.05, 4.69) is 5.32 Å². The molecule has 2 rings (SSSR count). The number of carbonyl (C=O) groups is 2. The first-order chi connectivity index (χ1) is 9.57. The molecule has 1 heterocycles. The SMILES string of the molecule is CCc1ccc(C(=O)NC2(C(=O)O)CCCCCC2)o1. The van der Waals surface area contributed by atoms with Gasteiger partial charge in [-0.3, -0.25) is 4.79 Å². The van der Waals surface area contributed by atoms with Gasteiger partial charge < -0.3 is 14.8 Å². The van der Waals surface area contributed by atoms with Crippen LogP contribution < -0.4 is 5.32 Å². The second kappa shape index (κ2) is 6.11. The van der Waals surface area contributed by atoms with Crippen LogP contribution in [0, 0.1) is 0 Å². The number of rotatable bonds is 4. The molecule has 0 aliphatic heterocycles. The van der Waals surface area contributed by atoms with Gasteiger partial charge in [0.05, 0.1) is 0 Å². The zero-order valence-corrected chi connectivity index (χ0v) is 11.8. The Morgan fingerprint density at radius 1 is 1.25 bits per heavy atom. The molecular formula is C15H21NO4. The third-order valence-corrected chi connectivity index (χ3v) is 3.95. The Kier molecular flexibility index (Phi) is 4.47. The fraction of sp³-hybridized carbons (Fsp3) is 0.600. The van der Waals surface area contributed by atoms with Crippen molar-refractivity contribution in [1.82, 2.24) is 5.32 Å². The number of carbonyl (C=O) groups excluding carboxylic acids is 1. The lowest BCUT2D eigenvalue weighted by atomic mass is 9.90. The molecular weight excluding hydrogens is 258 g/mol. The summed E-state index contributed by atoms with van der Waals surface area (Å²) in [5, 5.41) is 12.2. The van der Waals surface area contributed by atoms with Gasteiger partial charge >= 0.3 is 5.97 Å². The van der Waals surface area contributed by atoms with Gasteiger partial charge in [0, 0.05) is 6.42 Å². The van der Waals surface area contributed by atoms with Crippen LogP contribution in [0.1, 0.15) is 61.8 Å². The van der Waals surface area contributed by atoms with Crippen LogP contribution in [0.25, 0.3) is 0 Å². The van der Waals surface area contributed by atoms with Crippen LogP contribution in [0.15, 0.2) is 16.5 Å². The number of hydrogen-bond acceptors (Lipinski definition) is 3. The fourth-order valence-electron chi connectivity index (χ4n) is 2.69. The summed E-state index contributed by atoms with van der Waals surface area (Å²) in [6.45, 7) is 1.94. The zero-order chi connectivity index (χ0) is 14.6. The lowest BCUT2D eigenvalue weighted by molar-refractivity contribution is -0.145. The Bertz CT molecular complexity index is 484. The van der Waals surface area contributed by atoms with E-state index in [1.807, 2.05) is 6.92 Å². The van der Waals surface area contributed by atoms with Crippen LogP contribution in [-0.4, -0.2) is 22.5 Å². The van der Waals surface area contributed by atoms with Gasteiger partial charge in [-0.2, -0.15) is 0 Å². The smallest absolute Gasteiger partial charge is 0.329 e. The molecule has 1 aromatic heterocycles. The standard InChI is InChI=1S/C15H21NO4/c1-2-11-7-8-12(20-11)13(17)16-15(14(18)19)9-5-3-4-6-10-15/h7-8H,2-6,9-10H2,1H3,(H,16,17)(H,18,19). The highest BCUT2D eigenvalue weighted by Gasteiger charge is 2.40. The Morgan fingerprint density at radius 2 is 1.90 bits per heavy atom. The van der Waals surface area contributed by atoms with E-state index >= 15 is 0 Å². The molecule has 0 bridgehead atoms. The average Bonchev–Trinajstić information content (AvgIpc) is 2.79. The van der Waals surface area contributed by atoms with Crippen LogP contribution >= 0.6 is 0 Å². The summed E-state index contributed by atoms with van der Waals surface area (Å²) in [6, 6.07) is 3.34. The summed E-state index contributed by atoms with van der Waals surface area (Å²) in [6.07, 6.45) is 5.36. The van der Waals surface area contributed by atoms with E-state index in [0.717, 1.165) is 31.4 Å². The van der Waals surface area contributed by atoms with E-state index in [1.165, 1.54) is 0 Å². The van der Waals surface area contributed by atoms with Crippen LogP contribution in [0.4, 0.5) is 0 Å². The number of carboxylic acid groups (broad SMARTS) is 1. The molecule has 0 aromatic carbocycles. The van der Waals surface area contributed by atoms with E-state index in [1.54, 1.807) is 12.1 Å². The van der Waals surface area contributed by atoms with Crippen molar-refractivity contribution in [2.24, 2.45) is 0 Å². The highest BCUT2D eigenvalue weighted by molar-refractivity contribution is 5.95. The number of nitrogens with one attached hydrogen (secondary N) is 1. The monoisotopic (exact) mass is 279 g/mol. The van der Waals surface area contributed by atoms with Crippen molar-refractivity contribution in [3.63, 3.8) is 0 Å². The third-order valence-electron chi connectivity index (χ3n) is 3.95. The van der Waals surface area contributed by atoms with Gasteiger partial charge in [0.15, 0.2) is 5.76 Å². The van der Waals surface area contributed by atoms with Crippen LogP contribution in [0.3, 0.4) is 0 Å². The highest BCUT2D eigenvalue weighted by atomic mass is 16.4. The number of aryl methyl sites for hydroxylation is 1. The first-order valence-electron chi connectivity index (χ1n) is 7.22. The first-order valence-corrected chi connectivity index (χ1v) is 7.22.